The Morgan fingerprint density at radius 1 is 0.848 bits per heavy atom. The van der Waals surface area contributed by atoms with Crippen LogP contribution in [-0.4, -0.2) is 21.9 Å². The number of aromatic nitrogens is 2. The quantitative estimate of drug-likeness (QED) is 0.351. The van der Waals surface area contributed by atoms with Crippen molar-refractivity contribution in [2.75, 3.05) is 16.3 Å². The van der Waals surface area contributed by atoms with E-state index in [1.165, 1.54) is 28.2 Å². The summed E-state index contributed by atoms with van der Waals surface area (Å²) in [6.45, 7) is 0.956. The summed E-state index contributed by atoms with van der Waals surface area (Å²) in [4.78, 5) is 14.3. The molecule has 1 aromatic heterocycles. The predicted octanol–water partition coefficient (Wildman–Crippen LogP) is 6.66. The third-order valence-electron chi connectivity index (χ3n) is 6.83. The molecule has 3 aliphatic rings. The van der Waals surface area contributed by atoms with Gasteiger partial charge in [0, 0.05) is 41.3 Å². The van der Waals surface area contributed by atoms with Crippen molar-refractivity contribution in [3.63, 3.8) is 0 Å². The molecule has 2 atom stereocenters. The van der Waals surface area contributed by atoms with Gasteiger partial charge in [-0.3, -0.25) is 0 Å². The fraction of sp³-hybridized carbons (Fsp3) is 0.143. The highest BCUT2D eigenvalue weighted by atomic mass is 32.2. The topological polar surface area (TPSA) is 32.3 Å². The van der Waals surface area contributed by atoms with Gasteiger partial charge in [0.15, 0.2) is 5.82 Å². The average molecular weight is 447 g/mol. The summed E-state index contributed by atoms with van der Waals surface area (Å²) in [6, 6.07) is 28.1. The Kier molecular flexibility index (Phi) is 4.30. The van der Waals surface area contributed by atoms with Crippen molar-refractivity contribution in [2.24, 2.45) is 0 Å². The number of fused-ring (bicyclic) bond motifs is 4. The molecule has 0 fully saturated rings. The van der Waals surface area contributed by atoms with Gasteiger partial charge in [-0.05, 0) is 65.4 Å². The van der Waals surface area contributed by atoms with Gasteiger partial charge in [0.2, 0.25) is 0 Å². The number of para-hydroxylation sites is 2. The molecule has 0 saturated heterocycles. The van der Waals surface area contributed by atoms with E-state index in [9.17, 15) is 0 Å². The normalized spacial score (nSPS) is 20.1. The van der Waals surface area contributed by atoms with Gasteiger partial charge in [0.05, 0.1) is 5.37 Å². The predicted molar refractivity (Wildman–Crippen MR) is 136 cm³/mol. The first-order valence-corrected chi connectivity index (χ1v) is 12.3. The van der Waals surface area contributed by atoms with Crippen LogP contribution in [0, 0.1) is 0 Å². The molecule has 0 N–H and O–H groups in total. The molecule has 0 spiro atoms. The number of anilines is 4. The maximum Gasteiger partial charge on any atom is 0.161 e. The van der Waals surface area contributed by atoms with Gasteiger partial charge in [0.1, 0.15) is 5.82 Å². The summed E-state index contributed by atoms with van der Waals surface area (Å²) in [5, 5.41) is 2.63. The summed E-state index contributed by atoms with van der Waals surface area (Å²) >= 11 is 1.90. The lowest BCUT2D eigenvalue weighted by Gasteiger charge is -2.26. The number of nitrogens with zero attached hydrogens (tertiary/aromatic N) is 4. The lowest BCUT2D eigenvalue weighted by molar-refractivity contribution is 0.847. The minimum Gasteiger partial charge on any atom is -0.327 e. The van der Waals surface area contributed by atoms with Gasteiger partial charge in [-0.2, -0.15) is 0 Å². The van der Waals surface area contributed by atoms with Crippen molar-refractivity contribution in [3.05, 3.63) is 108 Å². The van der Waals surface area contributed by atoms with E-state index in [4.69, 9.17) is 4.98 Å². The van der Waals surface area contributed by atoms with Gasteiger partial charge in [0.25, 0.3) is 0 Å². The molecule has 0 amide bonds. The Labute approximate surface area is 197 Å². The van der Waals surface area contributed by atoms with Crippen LogP contribution in [0.1, 0.15) is 17.0 Å². The molecule has 0 saturated carbocycles. The highest BCUT2D eigenvalue weighted by molar-refractivity contribution is 8.03. The fourth-order valence-electron chi connectivity index (χ4n) is 5.27. The molecule has 4 nitrogen and oxygen atoms in total. The van der Waals surface area contributed by atoms with Crippen molar-refractivity contribution in [2.45, 2.75) is 17.7 Å². The van der Waals surface area contributed by atoms with E-state index in [-0.39, 0.29) is 0 Å². The van der Waals surface area contributed by atoms with E-state index in [0.717, 1.165) is 30.2 Å². The van der Waals surface area contributed by atoms with Crippen LogP contribution in [0.3, 0.4) is 0 Å². The number of benzene rings is 3. The molecule has 33 heavy (non-hydrogen) atoms. The first-order chi connectivity index (χ1) is 16.4. The molecular weight excluding hydrogens is 424 g/mol. The van der Waals surface area contributed by atoms with Gasteiger partial charge in [-0.1, -0.05) is 42.5 Å². The van der Waals surface area contributed by atoms with E-state index >= 15 is 0 Å². The zero-order valence-electron chi connectivity index (χ0n) is 18.0. The number of rotatable bonds is 3. The van der Waals surface area contributed by atoms with Crippen LogP contribution in [-0.2, 0) is 6.42 Å². The van der Waals surface area contributed by atoms with Gasteiger partial charge in [-0.15, -0.1) is 11.8 Å². The van der Waals surface area contributed by atoms with Crippen LogP contribution in [0.4, 0.5) is 22.9 Å². The summed E-state index contributed by atoms with van der Waals surface area (Å²) in [5.41, 5.74) is 7.60. The van der Waals surface area contributed by atoms with Crippen LogP contribution in [0.2, 0.25) is 0 Å². The van der Waals surface area contributed by atoms with Crippen molar-refractivity contribution in [3.8, 4) is 11.4 Å². The molecule has 5 heteroatoms. The molecule has 4 aromatic rings. The highest BCUT2D eigenvalue weighted by Crippen LogP contribution is 2.53. The molecule has 3 aromatic carbocycles. The number of hydrogen-bond donors (Lipinski definition) is 0. The second kappa shape index (κ2) is 7.49. The van der Waals surface area contributed by atoms with Crippen LogP contribution >= 0.6 is 11.8 Å². The average Bonchev–Trinajstić information content (AvgIpc) is 3.59. The van der Waals surface area contributed by atoms with Crippen molar-refractivity contribution in [1.29, 1.82) is 0 Å². The van der Waals surface area contributed by atoms with Gasteiger partial charge < -0.3 is 9.80 Å². The first-order valence-electron chi connectivity index (χ1n) is 11.4. The molecule has 7 rings (SSSR count). The molecule has 3 aliphatic heterocycles. The van der Waals surface area contributed by atoms with Crippen LogP contribution in [0.15, 0.2) is 96.5 Å². The third kappa shape index (κ3) is 3.00. The molecule has 0 bridgehead atoms. The standard InChI is InChI=1S/C28H22N4S/c1-3-7-24-19(5-1)14-17-31(24)26-13-16-29-27(30-26)20-9-11-21(12-10-20)32-25-8-4-2-6-22(25)23-15-18-33-28(23)32/h1-13,15-16,18,23,28H,14,17H2. The van der Waals surface area contributed by atoms with E-state index in [1.54, 1.807) is 0 Å². The zero-order chi connectivity index (χ0) is 21.8. The lowest BCUT2D eigenvalue weighted by Crippen LogP contribution is -2.24. The Morgan fingerprint density at radius 2 is 1.67 bits per heavy atom. The maximum atomic E-state index is 4.93. The molecule has 0 aliphatic carbocycles. The molecule has 160 valence electrons. The molecule has 4 heterocycles. The first kappa shape index (κ1) is 18.9. The fourth-order valence-corrected chi connectivity index (χ4v) is 6.45. The molecular formula is C28H22N4S. The second-order valence-corrected chi connectivity index (χ2v) is 9.65. The Hall–Kier alpha value is -3.57. The van der Waals surface area contributed by atoms with Crippen molar-refractivity contribution >= 4 is 34.6 Å². The van der Waals surface area contributed by atoms with E-state index in [1.807, 2.05) is 24.0 Å². The zero-order valence-corrected chi connectivity index (χ0v) is 18.8. The van der Waals surface area contributed by atoms with Crippen LogP contribution in [0.5, 0.6) is 0 Å². The summed E-state index contributed by atoms with van der Waals surface area (Å²) < 4.78 is 0. The molecule has 0 radical (unpaired) electrons. The smallest absolute Gasteiger partial charge is 0.161 e. The minimum atomic E-state index is 0.392. The lowest BCUT2D eigenvalue weighted by atomic mass is 10.0. The summed E-state index contributed by atoms with van der Waals surface area (Å²) in [5.74, 6) is 2.17. The molecule has 2 unspecified atom stereocenters. The van der Waals surface area contributed by atoms with E-state index in [0.29, 0.717) is 11.3 Å². The largest absolute Gasteiger partial charge is 0.327 e. The minimum absolute atomic E-state index is 0.392. The van der Waals surface area contributed by atoms with E-state index < -0.39 is 0 Å². The van der Waals surface area contributed by atoms with Crippen molar-refractivity contribution in [1.82, 2.24) is 9.97 Å². The monoisotopic (exact) mass is 446 g/mol. The van der Waals surface area contributed by atoms with Crippen molar-refractivity contribution < 1.29 is 0 Å². The second-order valence-electron chi connectivity index (χ2n) is 8.63. The van der Waals surface area contributed by atoms with Gasteiger partial charge >= 0.3 is 0 Å². The SMILES string of the molecule is C1=CC2c3ccccc3N(c3ccc(-c4nccc(N5CCc6ccccc65)n4)cc3)C2S1. The number of thioether (sulfide) groups is 1. The Morgan fingerprint density at radius 3 is 2.58 bits per heavy atom. The van der Waals surface area contributed by atoms with Gasteiger partial charge in [-0.25, -0.2) is 9.97 Å². The summed E-state index contributed by atoms with van der Waals surface area (Å²) in [7, 11) is 0. The van der Waals surface area contributed by atoms with Crippen LogP contribution in [0.25, 0.3) is 11.4 Å². The maximum absolute atomic E-state index is 4.93. The summed E-state index contributed by atoms with van der Waals surface area (Å²) in [6.07, 6.45) is 5.25. The Bertz CT molecular complexity index is 1380. The van der Waals surface area contributed by atoms with E-state index in [2.05, 4.69) is 99.1 Å². The number of hydrogen-bond acceptors (Lipinski definition) is 5. The Balaban J connectivity index is 1.21. The third-order valence-corrected chi connectivity index (χ3v) is 7.93. The highest BCUT2D eigenvalue weighted by Gasteiger charge is 2.40. The van der Waals surface area contributed by atoms with Crippen LogP contribution < -0.4 is 9.80 Å².